The fraction of sp³-hybridized carbons (Fsp3) is 0.636. The van der Waals surface area contributed by atoms with Crippen molar-refractivity contribution < 1.29 is 9.52 Å². The van der Waals surface area contributed by atoms with Gasteiger partial charge in [-0.25, -0.2) is 0 Å². The monoisotopic (exact) mass is 195 g/mol. The molecule has 2 N–H and O–H groups in total. The molecule has 1 fully saturated rings. The van der Waals surface area contributed by atoms with Crippen LogP contribution in [0.3, 0.4) is 0 Å². The molecule has 1 aliphatic carbocycles. The molecule has 1 heterocycles. The fourth-order valence-corrected chi connectivity index (χ4v) is 1.85. The SMILES string of the molecule is CC(NCC1CC(O)C1)c1ccco1. The van der Waals surface area contributed by atoms with Crippen LogP contribution in [0.2, 0.25) is 0 Å². The number of hydrogen-bond donors (Lipinski definition) is 2. The third-order valence-electron chi connectivity index (χ3n) is 2.89. The van der Waals surface area contributed by atoms with Crippen LogP contribution in [0, 0.1) is 5.92 Å². The quantitative estimate of drug-likeness (QED) is 0.768. The van der Waals surface area contributed by atoms with E-state index in [1.807, 2.05) is 12.1 Å². The van der Waals surface area contributed by atoms with Crippen molar-refractivity contribution in [2.45, 2.75) is 31.9 Å². The minimum absolute atomic E-state index is 0.0549. The Balaban J connectivity index is 1.71. The minimum atomic E-state index is -0.0549. The second-order valence-corrected chi connectivity index (χ2v) is 4.14. The van der Waals surface area contributed by atoms with Crippen LogP contribution in [0.15, 0.2) is 22.8 Å². The molecule has 0 aliphatic heterocycles. The van der Waals surface area contributed by atoms with Crippen LogP contribution in [-0.4, -0.2) is 17.8 Å². The van der Waals surface area contributed by atoms with E-state index in [0.29, 0.717) is 5.92 Å². The van der Waals surface area contributed by atoms with Gasteiger partial charge in [-0.1, -0.05) is 0 Å². The average Bonchev–Trinajstić information content (AvgIpc) is 2.62. The Morgan fingerprint density at radius 1 is 1.64 bits per heavy atom. The molecule has 0 radical (unpaired) electrons. The van der Waals surface area contributed by atoms with Crippen LogP contribution in [0.1, 0.15) is 31.6 Å². The average molecular weight is 195 g/mol. The van der Waals surface area contributed by atoms with Crippen molar-refractivity contribution in [1.82, 2.24) is 5.32 Å². The van der Waals surface area contributed by atoms with Gasteiger partial charge in [0.05, 0.1) is 18.4 Å². The first-order chi connectivity index (χ1) is 6.75. The van der Waals surface area contributed by atoms with Crippen molar-refractivity contribution >= 4 is 0 Å². The third-order valence-corrected chi connectivity index (χ3v) is 2.89. The Bertz CT molecular complexity index is 265. The van der Waals surface area contributed by atoms with E-state index in [2.05, 4.69) is 12.2 Å². The molecular weight excluding hydrogens is 178 g/mol. The summed E-state index contributed by atoms with van der Waals surface area (Å²) in [6.45, 7) is 3.06. The highest BCUT2D eigenvalue weighted by Crippen LogP contribution is 2.27. The molecule has 1 aromatic rings. The molecule has 3 nitrogen and oxygen atoms in total. The lowest BCUT2D eigenvalue weighted by Crippen LogP contribution is -2.36. The molecular formula is C11H17NO2. The van der Waals surface area contributed by atoms with Crippen molar-refractivity contribution in [3.8, 4) is 0 Å². The summed E-state index contributed by atoms with van der Waals surface area (Å²) in [6.07, 6.45) is 3.52. The second kappa shape index (κ2) is 4.15. The summed E-state index contributed by atoms with van der Waals surface area (Å²) < 4.78 is 5.29. The molecule has 1 atom stereocenters. The summed E-state index contributed by atoms with van der Waals surface area (Å²) in [5.74, 6) is 1.62. The van der Waals surface area contributed by atoms with Gasteiger partial charge >= 0.3 is 0 Å². The molecule has 14 heavy (non-hydrogen) atoms. The maximum atomic E-state index is 9.12. The van der Waals surface area contributed by atoms with Gasteiger partial charge in [0.15, 0.2) is 0 Å². The Kier molecular flexibility index (Phi) is 2.89. The highest BCUT2D eigenvalue weighted by Gasteiger charge is 2.27. The van der Waals surface area contributed by atoms with E-state index in [1.165, 1.54) is 0 Å². The van der Waals surface area contributed by atoms with Gasteiger partial charge < -0.3 is 14.8 Å². The Labute approximate surface area is 84.1 Å². The molecule has 0 saturated heterocycles. The highest BCUT2D eigenvalue weighted by molar-refractivity contribution is 5.03. The Hall–Kier alpha value is -0.800. The number of aliphatic hydroxyl groups excluding tert-OH is 1. The van der Waals surface area contributed by atoms with Gasteiger partial charge in [0.1, 0.15) is 5.76 Å². The van der Waals surface area contributed by atoms with Gasteiger partial charge in [-0.2, -0.15) is 0 Å². The summed E-state index contributed by atoms with van der Waals surface area (Å²) in [4.78, 5) is 0. The van der Waals surface area contributed by atoms with E-state index in [4.69, 9.17) is 9.52 Å². The van der Waals surface area contributed by atoms with Gasteiger partial charge in [0.2, 0.25) is 0 Å². The van der Waals surface area contributed by atoms with Gasteiger partial charge in [-0.05, 0) is 44.4 Å². The maximum Gasteiger partial charge on any atom is 0.120 e. The van der Waals surface area contributed by atoms with Crippen LogP contribution in [0.25, 0.3) is 0 Å². The Morgan fingerprint density at radius 2 is 2.43 bits per heavy atom. The third kappa shape index (κ3) is 2.16. The van der Waals surface area contributed by atoms with E-state index in [9.17, 15) is 0 Å². The molecule has 1 unspecified atom stereocenters. The summed E-state index contributed by atoms with van der Waals surface area (Å²) in [7, 11) is 0. The van der Waals surface area contributed by atoms with Gasteiger partial charge in [-0.15, -0.1) is 0 Å². The van der Waals surface area contributed by atoms with Crippen LogP contribution in [0.5, 0.6) is 0 Å². The lowest BCUT2D eigenvalue weighted by molar-refractivity contribution is 0.0418. The topological polar surface area (TPSA) is 45.4 Å². The molecule has 0 aromatic carbocycles. The molecule has 3 heteroatoms. The first-order valence-corrected chi connectivity index (χ1v) is 5.20. The molecule has 0 amide bonds. The van der Waals surface area contributed by atoms with Gasteiger partial charge in [-0.3, -0.25) is 0 Å². The molecule has 0 bridgehead atoms. The van der Waals surface area contributed by atoms with E-state index >= 15 is 0 Å². The predicted octanol–water partition coefficient (Wildman–Crippen LogP) is 1.70. The molecule has 1 aromatic heterocycles. The summed E-state index contributed by atoms with van der Waals surface area (Å²) >= 11 is 0. The zero-order valence-corrected chi connectivity index (χ0v) is 8.44. The molecule has 0 spiro atoms. The summed E-state index contributed by atoms with van der Waals surface area (Å²) in [6, 6.07) is 4.15. The molecule has 1 aliphatic rings. The van der Waals surface area contributed by atoms with Crippen molar-refractivity contribution in [1.29, 1.82) is 0 Å². The van der Waals surface area contributed by atoms with E-state index in [0.717, 1.165) is 25.1 Å². The normalized spacial score (nSPS) is 28.4. The van der Waals surface area contributed by atoms with E-state index < -0.39 is 0 Å². The fourth-order valence-electron chi connectivity index (χ4n) is 1.85. The van der Waals surface area contributed by atoms with Crippen LogP contribution in [-0.2, 0) is 0 Å². The summed E-state index contributed by atoms with van der Waals surface area (Å²) in [5, 5.41) is 12.5. The van der Waals surface area contributed by atoms with Crippen LogP contribution >= 0.6 is 0 Å². The first-order valence-electron chi connectivity index (χ1n) is 5.20. The zero-order chi connectivity index (χ0) is 9.97. The lowest BCUT2D eigenvalue weighted by Gasteiger charge is -2.32. The standard InChI is InChI=1S/C11H17NO2/c1-8(11-3-2-4-14-11)12-7-9-5-10(13)6-9/h2-4,8-10,12-13H,5-7H2,1H3. The number of nitrogens with one attached hydrogen (secondary N) is 1. The number of aliphatic hydroxyl groups is 1. The zero-order valence-electron chi connectivity index (χ0n) is 8.44. The van der Waals surface area contributed by atoms with Crippen molar-refractivity contribution in [3.63, 3.8) is 0 Å². The first kappa shape index (κ1) is 9.74. The molecule has 78 valence electrons. The highest BCUT2D eigenvalue weighted by atomic mass is 16.3. The second-order valence-electron chi connectivity index (χ2n) is 4.14. The van der Waals surface area contributed by atoms with Crippen LogP contribution < -0.4 is 5.32 Å². The smallest absolute Gasteiger partial charge is 0.120 e. The molecule has 2 rings (SSSR count). The molecule has 1 saturated carbocycles. The van der Waals surface area contributed by atoms with Gasteiger partial charge in [0, 0.05) is 0 Å². The largest absolute Gasteiger partial charge is 0.468 e. The minimum Gasteiger partial charge on any atom is -0.468 e. The number of furan rings is 1. The van der Waals surface area contributed by atoms with E-state index in [-0.39, 0.29) is 12.1 Å². The number of rotatable bonds is 4. The van der Waals surface area contributed by atoms with Gasteiger partial charge in [0.25, 0.3) is 0 Å². The summed E-state index contributed by atoms with van der Waals surface area (Å²) in [5.41, 5.74) is 0. The lowest BCUT2D eigenvalue weighted by atomic mass is 9.82. The van der Waals surface area contributed by atoms with Crippen LogP contribution in [0.4, 0.5) is 0 Å². The van der Waals surface area contributed by atoms with E-state index in [1.54, 1.807) is 6.26 Å². The van der Waals surface area contributed by atoms with Crippen molar-refractivity contribution in [2.24, 2.45) is 5.92 Å². The number of hydrogen-bond acceptors (Lipinski definition) is 3. The maximum absolute atomic E-state index is 9.12. The van der Waals surface area contributed by atoms with Crippen molar-refractivity contribution in [2.75, 3.05) is 6.54 Å². The Morgan fingerprint density at radius 3 is 3.00 bits per heavy atom. The predicted molar refractivity (Wildman–Crippen MR) is 53.9 cm³/mol. The van der Waals surface area contributed by atoms with Crippen molar-refractivity contribution in [3.05, 3.63) is 24.2 Å².